The zero-order valence-corrected chi connectivity index (χ0v) is 30.9. The highest BCUT2D eigenvalue weighted by Gasteiger charge is 2.14. The minimum atomic E-state index is -1.02. The number of unbranched alkanes of at least 4 members (excludes halogenated alkanes) is 21. The Kier molecular flexibility index (Phi) is 35.1. The van der Waals surface area contributed by atoms with E-state index in [4.69, 9.17) is 9.84 Å². The van der Waals surface area contributed by atoms with Crippen LogP contribution in [0.25, 0.3) is 0 Å². The molecule has 0 spiro atoms. The van der Waals surface area contributed by atoms with Gasteiger partial charge in [-0.3, -0.25) is 14.4 Å². The van der Waals surface area contributed by atoms with E-state index in [1.165, 1.54) is 109 Å². The summed E-state index contributed by atoms with van der Waals surface area (Å²) in [5.41, 5.74) is 0. The number of carboxylic acids is 1. The van der Waals surface area contributed by atoms with Gasteiger partial charge in [-0.15, -0.1) is 0 Å². The highest BCUT2D eigenvalue weighted by atomic mass is 16.5. The fraction of sp³-hybridized carbons (Fsp3) is 0.829. The lowest BCUT2D eigenvalue weighted by Crippen LogP contribution is -2.28. The maximum atomic E-state index is 12.7. The summed E-state index contributed by atoms with van der Waals surface area (Å²) in [6.07, 6.45) is 43.0. The number of rotatable bonds is 36. The van der Waals surface area contributed by atoms with Gasteiger partial charge in [-0.25, -0.2) is 0 Å². The van der Waals surface area contributed by atoms with E-state index in [1.54, 1.807) is 0 Å². The maximum absolute atomic E-state index is 12.7. The Bertz CT molecular complexity index is 778. The Morgan fingerprint density at radius 1 is 0.553 bits per heavy atom. The second kappa shape index (κ2) is 36.7. The molecule has 0 heterocycles. The van der Waals surface area contributed by atoms with Gasteiger partial charge in [-0.05, 0) is 70.6 Å². The van der Waals surface area contributed by atoms with Gasteiger partial charge in [0.2, 0.25) is 5.91 Å². The Balaban J connectivity index is 4.06. The smallest absolute Gasteiger partial charge is 0.322 e. The van der Waals surface area contributed by atoms with Gasteiger partial charge in [0.15, 0.2) is 0 Å². The summed E-state index contributed by atoms with van der Waals surface area (Å²) in [6, 6.07) is 0. The molecule has 0 aromatic rings. The molecule has 0 saturated carbocycles. The van der Waals surface area contributed by atoms with Crippen LogP contribution >= 0.6 is 0 Å². The van der Waals surface area contributed by atoms with Crippen LogP contribution in [0.4, 0.5) is 0 Å². The number of carbonyl (C=O) groups excluding carboxylic acids is 2. The van der Waals surface area contributed by atoms with Crippen molar-refractivity contribution in [3.63, 3.8) is 0 Å². The van der Waals surface area contributed by atoms with E-state index in [1.807, 2.05) is 0 Å². The number of allylic oxidation sites excluding steroid dienone is 4. The van der Waals surface area contributed by atoms with Gasteiger partial charge in [0.1, 0.15) is 12.6 Å². The second-order valence-corrected chi connectivity index (χ2v) is 13.5. The van der Waals surface area contributed by atoms with E-state index in [0.29, 0.717) is 12.8 Å². The van der Waals surface area contributed by atoms with Crippen molar-refractivity contribution < 1.29 is 24.2 Å². The normalized spacial score (nSPS) is 12.2. The van der Waals surface area contributed by atoms with Crippen molar-refractivity contribution >= 4 is 17.8 Å². The summed E-state index contributed by atoms with van der Waals surface area (Å²) >= 11 is 0. The third-order valence-electron chi connectivity index (χ3n) is 8.88. The molecule has 0 radical (unpaired) electrons. The van der Waals surface area contributed by atoms with Gasteiger partial charge in [0, 0.05) is 12.8 Å². The first-order valence-corrected chi connectivity index (χ1v) is 20.0. The monoisotopic (exact) mass is 662 g/mol. The number of aliphatic carboxylic acids is 1. The number of amides is 1. The summed E-state index contributed by atoms with van der Waals surface area (Å²) in [7, 11) is 0. The number of ether oxygens (including phenoxy) is 1. The maximum Gasteiger partial charge on any atom is 0.322 e. The molecule has 0 fully saturated rings. The predicted molar refractivity (Wildman–Crippen MR) is 199 cm³/mol. The van der Waals surface area contributed by atoms with Crippen LogP contribution in [0.1, 0.15) is 206 Å². The van der Waals surface area contributed by atoms with Crippen molar-refractivity contribution in [3.8, 4) is 0 Å². The lowest BCUT2D eigenvalue weighted by atomic mass is 10.0. The molecule has 0 aliphatic carbocycles. The molecule has 0 aliphatic heterocycles. The van der Waals surface area contributed by atoms with E-state index < -0.39 is 5.97 Å². The summed E-state index contributed by atoms with van der Waals surface area (Å²) in [5, 5.41) is 11.1. The van der Waals surface area contributed by atoms with Gasteiger partial charge < -0.3 is 15.2 Å². The fourth-order valence-electron chi connectivity index (χ4n) is 5.90. The molecule has 47 heavy (non-hydrogen) atoms. The highest BCUT2D eigenvalue weighted by molar-refractivity contribution is 5.80. The quantitative estimate of drug-likeness (QED) is 0.0396. The van der Waals surface area contributed by atoms with E-state index in [-0.39, 0.29) is 24.5 Å². The molecule has 6 nitrogen and oxygen atoms in total. The van der Waals surface area contributed by atoms with Crippen LogP contribution in [0.3, 0.4) is 0 Å². The summed E-state index contributed by atoms with van der Waals surface area (Å²) in [4.78, 5) is 34.9. The standard InChI is InChI=1S/C41H75NO5/c1-3-5-7-9-11-13-14-15-16-17-18-19-20-21-23-28-32-36-41(46)47-38(33-29-25-22-12-10-8-6-4-2)34-30-26-24-27-31-35-39(43)42-37-40(44)45/h11,13,15-16,38H,3-10,12,14,17-37H2,1-2H3,(H,42,43)(H,44,45)/b13-11-,16-15-. The molecular weight excluding hydrogens is 586 g/mol. The Morgan fingerprint density at radius 2 is 0.979 bits per heavy atom. The van der Waals surface area contributed by atoms with E-state index in [2.05, 4.69) is 43.5 Å². The van der Waals surface area contributed by atoms with Crippen LogP contribution < -0.4 is 5.32 Å². The molecule has 2 N–H and O–H groups in total. The molecule has 0 saturated heterocycles. The number of hydrogen-bond acceptors (Lipinski definition) is 4. The van der Waals surface area contributed by atoms with E-state index in [0.717, 1.165) is 70.6 Å². The van der Waals surface area contributed by atoms with Crippen LogP contribution in [-0.2, 0) is 19.1 Å². The van der Waals surface area contributed by atoms with Crippen molar-refractivity contribution in [3.05, 3.63) is 24.3 Å². The van der Waals surface area contributed by atoms with Gasteiger partial charge in [-0.2, -0.15) is 0 Å². The largest absolute Gasteiger partial charge is 0.480 e. The summed E-state index contributed by atoms with van der Waals surface area (Å²) in [5.74, 6) is -1.23. The Hall–Kier alpha value is -2.11. The van der Waals surface area contributed by atoms with Crippen LogP contribution in [-0.4, -0.2) is 35.6 Å². The molecule has 0 bridgehead atoms. The van der Waals surface area contributed by atoms with Gasteiger partial charge in [-0.1, -0.05) is 147 Å². The SMILES string of the molecule is CCCCC/C=C\C/C=C\CCCCCCCCCC(=O)OC(CCCCCCCCCC)CCCCCCCC(=O)NCC(=O)O. The molecule has 1 amide bonds. The number of carbonyl (C=O) groups is 3. The van der Waals surface area contributed by atoms with Crippen molar-refractivity contribution in [2.75, 3.05) is 6.54 Å². The van der Waals surface area contributed by atoms with Crippen LogP contribution in [0, 0.1) is 0 Å². The summed E-state index contributed by atoms with van der Waals surface area (Å²) < 4.78 is 5.99. The van der Waals surface area contributed by atoms with E-state index in [9.17, 15) is 14.4 Å². The van der Waals surface area contributed by atoms with Gasteiger partial charge in [0.05, 0.1) is 0 Å². The van der Waals surface area contributed by atoms with Crippen molar-refractivity contribution in [1.29, 1.82) is 0 Å². The van der Waals surface area contributed by atoms with Crippen molar-refractivity contribution in [2.24, 2.45) is 0 Å². The van der Waals surface area contributed by atoms with Gasteiger partial charge in [0.25, 0.3) is 0 Å². The van der Waals surface area contributed by atoms with Crippen molar-refractivity contribution in [1.82, 2.24) is 5.32 Å². The molecular formula is C41H75NO5. The minimum Gasteiger partial charge on any atom is -0.480 e. The topological polar surface area (TPSA) is 92.7 Å². The van der Waals surface area contributed by atoms with Crippen LogP contribution in [0.5, 0.6) is 0 Å². The number of esters is 1. The first-order valence-electron chi connectivity index (χ1n) is 20.0. The van der Waals surface area contributed by atoms with Crippen molar-refractivity contribution in [2.45, 2.75) is 213 Å². The number of carboxylic acid groups (broad SMARTS) is 1. The molecule has 0 rings (SSSR count). The lowest BCUT2D eigenvalue weighted by Gasteiger charge is -2.18. The third kappa shape index (κ3) is 36.6. The molecule has 0 aliphatic rings. The third-order valence-corrected chi connectivity index (χ3v) is 8.88. The molecule has 0 aromatic carbocycles. The van der Waals surface area contributed by atoms with Crippen LogP contribution in [0.15, 0.2) is 24.3 Å². The summed E-state index contributed by atoms with van der Waals surface area (Å²) in [6.45, 7) is 4.19. The Labute approximate surface area is 290 Å². The minimum absolute atomic E-state index is 0.0236. The molecule has 274 valence electrons. The van der Waals surface area contributed by atoms with Gasteiger partial charge >= 0.3 is 11.9 Å². The molecule has 6 heteroatoms. The van der Waals surface area contributed by atoms with E-state index >= 15 is 0 Å². The van der Waals surface area contributed by atoms with Crippen LogP contribution in [0.2, 0.25) is 0 Å². The average Bonchev–Trinajstić information content (AvgIpc) is 3.05. The predicted octanol–water partition coefficient (Wildman–Crippen LogP) is 12.0. The first kappa shape index (κ1) is 44.9. The first-order chi connectivity index (χ1) is 23.0. The highest BCUT2D eigenvalue weighted by Crippen LogP contribution is 2.19. The number of nitrogens with one attached hydrogen (secondary N) is 1. The molecule has 1 atom stereocenters. The molecule has 1 unspecified atom stereocenters. The fourth-order valence-corrected chi connectivity index (χ4v) is 5.90. The zero-order valence-electron chi connectivity index (χ0n) is 30.9. The average molecular weight is 662 g/mol. The lowest BCUT2D eigenvalue weighted by molar-refractivity contribution is -0.150. The second-order valence-electron chi connectivity index (χ2n) is 13.5. The molecule has 0 aromatic heterocycles. The number of hydrogen-bond donors (Lipinski definition) is 2. The zero-order chi connectivity index (χ0) is 34.5. The Morgan fingerprint density at radius 3 is 1.51 bits per heavy atom.